The molecule has 0 unspecified atom stereocenters. The summed E-state index contributed by atoms with van der Waals surface area (Å²) in [4.78, 5) is 7.21. The van der Waals surface area contributed by atoms with Gasteiger partial charge in [-0.15, -0.1) is 5.10 Å². The average molecular weight is 660 g/mol. The zero-order valence-electron chi connectivity index (χ0n) is 25.2. The van der Waals surface area contributed by atoms with E-state index >= 15 is 0 Å². The van der Waals surface area contributed by atoms with Crippen molar-refractivity contribution in [1.82, 2.24) is 24.9 Å². The maximum absolute atomic E-state index is 9.97. The van der Waals surface area contributed by atoms with E-state index in [1.165, 1.54) is 0 Å². The van der Waals surface area contributed by atoms with Gasteiger partial charge in [-0.25, -0.2) is 4.68 Å². The van der Waals surface area contributed by atoms with Crippen LogP contribution in [0.1, 0.15) is 62.5 Å². The average Bonchev–Trinajstić information content (AvgIpc) is 3.52. The predicted molar refractivity (Wildman–Crippen MR) is 183 cm³/mol. The summed E-state index contributed by atoms with van der Waals surface area (Å²) in [5.74, 6) is 0. The van der Waals surface area contributed by atoms with Crippen molar-refractivity contribution < 1.29 is 0 Å². The number of likely N-dealkylation sites (tertiary alicyclic amines) is 1. The summed E-state index contributed by atoms with van der Waals surface area (Å²) in [6.45, 7) is 8.82. The number of piperidine rings is 1. The lowest BCUT2D eigenvalue weighted by Gasteiger charge is -2.40. The molecule has 3 heterocycles. The van der Waals surface area contributed by atoms with Crippen molar-refractivity contribution in [1.29, 1.82) is 5.26 Å². The molecule has 45 heavy (non-hydrogen) atoms. The number of fused-ring (bicyclic) bond motifs is 1. The summed E-state index contributed by atoms with van der Waals surface area (Å²) in [5.41, 5.74) is 4.69. The summed E-state index contributed by atoms with van der Waals surface area (Å²) < 4.78 is 2.01. The SMILES string of the molecule is CC(C)(C)N1CCC(n2cc([C@@H](Nc3cc(Cl)cc4c(Nc5cc(Cl)ccc5Cl)c(C#N)cnc34)c3ccccc3)nn2)CC1. The zero-order chi connectivity index (χ0) is 31.7. The van der Waals surface area contributed by atoms with Crippen molar-refractivity contribution in [3.05, 3.63) is 105 Å². The van der Waals surface area contributed by atoms with Crippen molar-refractivity contribution in [2.24, 2.45) is 0 Å². The van der Waals surface area contributed by atoms with Gasteiger partial charge >= 0.3 is 0 Å². The molecule has 5 aromatic rings. The molecule has 3 aromatic carbocycles. The number of benzene rings is 3. The van der Waals surface area contributed by atoms with Crippen LogP contribution in [0.3, 0.4) is 0 Å². The molecule has 8 nitrogen and oxygen atoms in total. The summed E-state index contributed by atoms with van der Waals surface area (Å²) in [7, 11) is 0. The molecule has 1 aliphatic rings. The Kier molecular flexibility index (Phi) is 8.89. The van der Waals surface area contributed by atoms with E-state index in [1.807, 2.05) is 35.1 Å². The third kappa shape index (κ3) is 6.73. The Hall–Kier alpha value is -3.87. The fraction of sp³-hybridized carbons (Fsp3) is 0.294. The maximum atomic E-state index is 9.97. The molecular weight excluding hydrogens is 627 g/mol. The van der Waals surface area contributed by atoms with Gasteiger partial charge in [0.25, 0.3) is 0 Å². The van der Waals surface area contributed by atoms with E-state index in [-0.39, 0.29) is 17.6 Å². The largest absolute Gasteiger partial charge is 0.371 e. The fourth-order valence-electron chi connectivity index (χ4n) is 5.86. The number of halogens is 3. The van der Waals surface area contributed by atoms with Gasteiger partial charge in [0, 0.05) is 40.3 Å². The minimum atomic E-state index is -0.340. The number of nitrogens with one attached hydrogen (secondary N) is 2. The Balaban J connectivity index is 1.37. The van der Waals surface area contributed by atoms with Gasteiger partial charge in [0.05, 0.1) is 51.4 Å². The minimum absolute atomic E-state index is 0.151. The van der Waals surface area contributed by atoms with Gasteiger partial charge in [-0.2, -0.15) is 5.26 Å². The number of aromatic nitrogens is 4. The number of nitriles is 1. The third-order valence-corrected chi connectivity index (χ3v) is 9.07. The van der Waals surface area contributed by atoms with Gasteiger partial charge in [0.1, 0.15) is 11.8 Å². The first kappa shape index (κ1) is 31.1. The second-order valence-electron chi connectivity index (χ2n) is 12.3. The van der Waals surface area contributed by atoms with E-state index in [2.05, 4.69) is 64.8 Å². The van der Waals surface area contributed by atoms with Crippen molar-refractivity contribution >= 4 is 62.8 Å². The highest BCUT2D eigenvalue weighted by Gasteiger charge is 2.29. The van der Waals surface area contributed by atoms with Crippen LogP contribution in [0.5, 0.6) is 0 Å². The molecule has 2 N–H and O–H groups in total. The normalized spacial score (nSPS) is 15.1. The monoisotopic (exact) mass is 658 g/mol. The highest BCUT2D eigenvalue weighted by molar-refractivity contribution is 6.35. The van der Waals surface area contributed by atoms with E-state index in [4.69, 9.17) is 39.8 Å². The number of hydrogen-bond donors (Lipinski definition) is 2. The van der Waals surface area contributed by atoms with Crippen molar-refractivity contribution in [3.63, 3.8) is 0 Å². The fourth-order valence-corrected chi connectivity index (χ4v) is 6.41. The van der Waals surface area contributed by atoms with E-state index in [0.29, 0.717) is 48.6 Å². The topological polar surface area (TPSA) is 94.7 Å². The summed E-state index contributed by atoms with van der Waals surface area (Å²) in [5, 5.41) is 28.3. The molecule has 11 heteroatoms. The number of anilines is 3. The highest BCUT2D eigenvalue weighted by Crippen LogP contribution is 2.39. The van der Waals surface area contributed by atoms with Crippen LogP contribution >= 0.6 is 34.8 Å². The Morgan fingerprint density at radius 1 is 0.956 bits per heavy atom. The van der Waals surface area contributed by atoms with Gasteiger partial charge in [-0.1, -0.05) is 70.3 Å². The Morgan fingerprint density at radius 2 is 1.69 bits per heavy atom. The van der Waals surface area contributed by atoms with Crippen LogP contribution < -0.4 is 10.6 Å². The molecule has 0 saturated carbocycles. The third-order valence-electron chi connectivity index (χ3n) is 8.29. The van der Waals surface area contributed by atoms with Gasteiger partial charge in [0.2, 0.25) is 0 Å². The summed E-state index contributed by atoms with van der Waals surface area (Å²) >= 11 is 19.4. The molecule has 6 rings (SSSR count). The van der Waals surface area contributed by atoms with E-state index in [1.54, 1.807) is 30.5 Å². The lowest BCUT2D eigenvalue weighted by molar-refractivity contribution is 0.0866. The second kappa shape index (κ2) is 12.9. The molecule has 230 valence electrons. The molecule has 0 bridgehead atoms. The van der Waals surface area contributed by atoms with Crippen molar-refractivity contribution in [2.75, 3.05) is 23.7 Å². The molecule has 1 aliphatic heterocycles. The quantitative estimate of drug-likeness (QED) is 0.180. The smallest absolute Gasteiger partial charge is 0.109 e. The molecule has 0 radical (unpaired) electrons. The van der Waals surface area contributed by atoms with Gasteiger partial charge in [0.15, 0.2) is 0 Å². The van der Waals surface area contributed by atoms with Crippen LogP contribution in [0, 0.1) is 11.3 Å². The van der Waals surface area contributed by atoms with Gasteiger partial charge < -0.3 is 10.6 Å². The second-order valence-corrected chi connectivity index (χ2v) is 13.5. The van der Waals surface area contributed by atoms with Gasteiger partial charge in [-0.3, -0.25) is 9.88 Å². The van der Waals surface area contributed by atoms with Crippen LogP contribution in [0.4, 0.5) is 17.1 Å². The van der Waals surface area contributed by atoms with Crippen molar-refractivity contribution in [3.8, 4) is 6.07 Å². The first-order chi connectivity index (χ1) is 21.6. The lowest BCUT2D eigenvalue weighted by Crippen LogP contribution is -2.46. The number of hydrogen-bond acceptors (Lipinski definition) is 7. The van der Waals surface area contributed by atoms with Crippen molar-refractivity contribution in [2.45, 2.75) is 51.2 Å². The first-order valence-electron chi connectivity index (χ1n) is 14.8. The summed E-state index contributed by atoms with van der Waals surface area (Å²) in [6.07, 6.45) is 5.62. The Morgan fingerprint density at radius 3 is 2.40 bits per heavy atom. The Bertz CT molecular complexity index is 1870. The maximum Gasteiger partial charge on any atom is 0.109 e. The molecule has 2 aromatic heterocycles. The van der Waals surface area contributed by atoms with E-state index in [0.717, 1.165) is 37.2 Å². The van der Waals surface area contributed by atoms with Gasteiger partial charge in [-0.05, 0) is 69.5 Å². The number of rotatable bonds is 7. The van der Waals surface area contributed by atoms with Crippen LogP contribution in [0.25, 0.3) is 10.9 Å². The van der Waals surface area contributed by atoms with E-state index < -0.39 is 0 Å². The summed E-state index contributed by atoms with van der Waals surface area (Å²) in [6, 6.07) is 21.0. The van der Waals surface area contributed by atoms with Crippen LogP contribution in [-0.2, 0) is 0 Å². The molecule has 1 atom stereocenters. The zero-order valence-corrected chi connectivity index (χ0v) is 27.5. The minimum Gasteiger partial charge on any atom is -0.371 e. The molecule has 0 aliphatic carbocycles. The molecule has 1 fully saturated rings. The van der Waals surface area contributed by atoms with Crippen LogP contribution in [0.2, 0.25) is 15.1 Å². The van der Waals surface area contributed by atoms with Crippen LogP contribution in [-0.4, -0.2) is 43.5 Å². The lowest BCUT2D eigenvalue weighted by atomic mass is 9.98. The Labute approximate surface area is 277 Å². The number of nitrogens with zero attached hydrogens (tertiary/aromatic N) is 6. The molecule has 1 saturated heterocycles. The highest BCUT2D eigenvalue weighted by atomic mass is 35.5. The van der Waals surface area contributed by atoms with Crippen LogP contribution in [0.15, 0.2) is 73.1 Å². The first-order valence-corrected chi connectivity index (χ1v) is 16.0. The standard InChI is InChI=1S/C34H33Cl3N8/c1-34(2,3)44-13-11-25(12-14-44)45-20-30(42-43-45)32(21-7-5-4-6-8-21)41-29-17-24(36)15-26-31(22(18-38)19-39-33(26)29)40-28-16-23(35)9-10-27(28)37/h4-10,15-17,19-20,25,32,41H,11-14H2,1-3H3,(H,39,40)/t32-/m0/s1. The predicted octanol–water partition coefficient (Wildman–Crippen LogP) is 9.04. The molecular formula is C34H33Cl3N8. The number of pyridine rings is 1. The van der Waals surface area contributed by atoms with E-state index in [9.17, 15) is 5.26 Å². The molecule has 0 amide bonds. The molecule has 0 spiro atoms.